The van der Waals surface area contributed by atoms with Gasteiger partial charge in [0.2, 0.25) is 0 Å². The molecule has 0 unspecified atom stereocenters. The maximum absolute atomic E-state index is 11.9. The molecule has 1 aliphatic heterocycles. The molecule has 0 atom stereocenters. The largest absolute Gasteiger partial charge is 0.462 e. The molecule has 2 amide bonds. The van der Waals surface area contributed by atoms with Gasteiger partial charge in [-0.15, -0.1) is 0 Å². The van der Waals surface area contributed by atoms with Crippen LogP contribution in [-0.4, -0.2) is 27.8 Å². The highest BCUT2D eigenvalue weighted by Gasteiger charge is 2.25. The number of hydrogen-bond donors (Lipinski definition) is 1. The first-order valence-corrected chi connectivity index (χ1v) is 8.28. The van der Waals surface area contributed by atoms with E-state index in [1.807, 2.05) is 24.3 Å². The lowest BCUT2D eigenvalue weighted by Crippen LogP contribution is -2.17. The monoisotopic (exact) mass is 344 g/mol. The zero-order valence-corrected chi connectivity index (χ0v) is 14.1. The van der Waals surface area contributed by atoms with Gasteiger partial charge in [0.05, 0.1) is 11.0 Å². The summed E-state index contributed by atoms with van der Waals surface area (Å²) in [6.07, 6.45) is 3.28. The van der Waals surface area contributed by atoms with Crippen LogP contribution in [0.15, 0.2) is 35.4 Å². The number of carbonyl (C=O) groups excluding carboxylic acids is 3. The first kappa shape index (κ1) is 16.3. The van der Waals surface area contributed by atoms with Crippen molar-refractivity contribution >= 4 is 45.9 Å². The van der Waals surface area contributed by atoms with Crippen molar-refractivity contribution in [1.82, 2.24) is 9.88 Å². The first-order chi connectivity index (χ1) is 11.4. The lowest BCUT2D eigenvalue weighted by atomic mass is 10.1. The van der Waals surface area contributed by atoms with E-state index < -0.39 is 5.91 Å². The van der Waals surface area contributed by atoms with Crippen LogP contribution in [0.25, 0.3) is 17.0 Å². The lowest BCUT2D eigenvalue weighted by Gasteiger charge is -2.09. The molecule has 1 aliphatic rings. The average molecular weight is 344 g/mol. The number of fused-ring (bicyclic) bond motifs is 1. The number of benzene rings is 1. The molecule has 6 nitrogen and oxygen atoms in total. The molecule has 0 radical (unpaired) electrons. The van der Waals surface area contributed by atoms with Crippen molar-refractivity contribution in [2.45, 2.75) is 26.5 Å². The summed E-state index contributed by atoms with van der Waals surface area (Å²) in [7, 11) is 0. The molecule has 1 saturated heterocycles. The molecule has 124 valence electrons. The van der Waals surface area contributed by atoms with Crippen molar-refractivity contribution < 1.29 is 19.1 Å². The third-order valence-electron chi connectivity index (χ3n) is 3.41. The van der Waals surface area contributed by atoms with Crippen molar-refractivity contribution in [2.75, 3.05) is 0 Å². The predicted molar refractivity (Wildman–Crippen MR) is 92.3 cm³/mol. The summed E-state index contributed by atoms with van der Waals surface area (Å²) >= 11 is 0.869. The van der Waals surface area contributed by atoms with Crippen LogP contribution in [0.1, 0.15) is 19.4 Å². The topological polar surface area (TPSA) is 77.4 Å². The molecule has 0 saturated carbocycles. The minimum absolute atomic E-state index is 0.0835. The Morgan fingerprint density at radius 2 is 2.08 bits per heavy atom. The average Bonchev–Trinajstić information content (AvgIpc) is 3.00. The summed E-state index contributed by atoms with van der Waals surface area (Å²) in [5.41, 5.74) is 1.63. The molecule has 24 heavy (non-hydrogen) atoms. The number of ether oxygens (including phenoxy) is 1. The summed E-state index contributed by atoms with van der Waals surface area (Å²) in [5.74, 6) is -0.728. The van der Waals surface area contributed by atoms with E-state index in [0.717, 1.165) is 28.2 Å². The Balaban J connectivity index is 1.98. The molecule has 1 N–H and O–H groups in total. The standard InChI is InChI=1S/C17H16N2O4S/c1-10(2)23-15(20)9-19-8-11(12-5-3-4-6-13(12)19)7-14-16(21)18-17(22)24-14/h3-8,10H,9H2,1-2H3,(H,18,21,22). The van der Waals surface area contributed by atoms with Gasteiger partial charge in [-0.2, -0.15) is 0 Å². The van der Waals surface area contributed by atoms with E-state index in [0.29, 0.717) is 4.91 Å². The van der Waals surface area contributed by atoms with Gasteiger partial charge in [0.1, 0.15) is 6.54 Å². The molecule has 0 aliphatic carbocycles. The number of nitrogens with zero attached hydrogens (tertiary/aromatic N) is 1. The van der Waals surface area contributed by atoms with Crippen LogP contribution in [0.2, 0.25) is 0 Å². The van der Waals surface area contributed by atoms with Gasteiger partial charge in [-0.25, -0.2) is 0 Å². The Morgan fingerprint density at radius 1 is 1.33 bits per heavy atom. The van der Waals surface area contributed by atoms with Crippen LogP contribution in [0.4, 0.5) is 4.79 Å². The van der Waals surface area contributed by atoms with Crippen LogP contribution >= 0.6 is 11.8 Å². The molecule has 2 heterocycles. The Kier molecular flexibility index (Phi) is 4.44. The number of thioether (sulfide) groups is 1. The Hall–Kier alpha value is -2.54. The molecule has 1 fully saturated rings. The van der Waals surface area contributed by atoms with Gasteiger partial charge in [0, 0.05) is 22.7 Å². The molecular formula is C17H16N2O4S. The number of hydrogen-bond acceptors (Lipinski definition) is 5. The van der Waals surface area contributed by atoms with Crippen molar-refractivity contribution in [3.05, 3.63) is 40.9 Å². The number of aromatic nitrogens is 1. The van der Waals surface area contributed by atoms with E-state index in [-0.39, 0.29) is 23.9 Å². The smallest absolute Gasteiger partial charge is 0.326 e. The minimum Gasteiger partial charge on any atom is -0.462 e. The summed E-state index contributed by atoms with van der Waals surface area (Å²) in [6.45, 7) is 3.68. The second kappa shape index (κ2) is 6.52. The van der Waals surface area contributed by atoms with Crippen LogP contribution in [-0.2, 0) is 20.9 Å². The Labute approximate surface area is 142 Å². The van der Waals surface area contributed by atoms with Gasteiger partial charge >= 0.3 is 5.97 Å². The van der Waals surface area contributed by atoms with Crippen LogP contribution in [0.3, 0.4) is 0 Å². The SMILES string of the molecule is CC(C)OC(=O)Cn1cc(C=C2SC(=O)NC2=O)c2ccccc21. The highest BCUT2D eigenvalue weighted by Crippen LogP contribution is 2.29. The highest BCUT2D eigenvalue weighted by molar-refractivity contribution is 8.18. The van der Waals surface area contributed by atoms with Crippen molar-refractivity contribution in [3.63, 3.8) is 0 Å². The summed E-state index contributed by atoms with van der Waals surface area (Å²) < 4.78 is 6.97. The normalized spacial score (nSPS) is 16.2. The second-order valence-electron chi connectivity index (χ2n) is 5.62. The number of para-hydroxylation sites is 1. The first-order valence-electron chi connectivity index (χ1n) is 7.46. The summed E-state index contributed by atoms with van der Waals surface area (Å²) in [5, 5.41) is 2.75. The number of carbonyl (C=O) groups is 3. The maximum Gasteiger partial charge on any atom is 0.326 e. The van der Waals surface area contributed by atoms with Crippen molar-refractivity contribution in [1.29, 1.82) is 0 Å². The number of amides is 2. The molecule has 2 aromatic rings. The van der Waals surface area contributed by atoms with Gasteiger partial charge in [-0.05, 0) is 37.8 Å². The molecule has 1 aromatic heterocycles. The number of esters is 1. The minimum atomic E-state index is -0.402. The van der Waals surface area contributed by atoms with E-state index in [1.54, 1.807) is 30.7 Å². The molecule has 7 heteroatoms. The molecule has 3 rings (SSSR count). The van der Waals surface area contributed by atoms with Crippen LogP contribution < -0.4 is 5.32 Å². The summed E-state index contributed by atoms with van der Waals surface area (Å²) in [6, 6.07) is 7.57. The molecular weight excluding hydrogens is 328 g/mol. The van der Waals surface area contributed by atoms with Crippen molar-refractivity contribution in [3.8, 4) is 0 Å². The number of rotatable bonds is 4. The van der Waals surface area contributed by atoms with E-state index in [4.69, 9.17) is 4.74 Å². The van der Waals surface area contributed by atoms with Gasteiger partial charge in [0.25, 0.3) is 11.1 Å². The van der Waals surface area contributed by atoms with E-state index in [1.165, 1.54) is 0 Å². The van der Waals surface area contributed by atoms with Crippen molar-refractivity contribution in [2.24, 2.45) is 0 Å². The van der Waals surface area contributed by atoms with Crippen LogP contribution in [0.5, 0.6) is 0 Å². The third kappa shape index (κ3) is 3.35. The third-order valence-corrected chi connectivity index (χ3v) is 4.23. The van der Waals surface area contributed by atoms with E-state index in [2.05, 4.69) is 5.32 Å². The quantitative estimate of drug-likeness (QED) is 0.682. The molecule has 1 aromatic carbocycles. The fourth-order valence-corrected chi connectivity index (χ4v) is 3.20. The molecule has 0 spiro atoms. The Bertz CT molecular complexity index is 867. The summed E-state index contributed by atoms with van der Waals surface area (Å²) in [4.78, 5) is 35.3. The molecule has 0 bridgehead atoms. The maximum atomic E-state index is 11.9. The van der Waals surface area contributed by atoms with E-state index >= 15 is 0 Å². The number of imide groups is 1. The fourth-order valence-electron chi connectivity index (χ4n) is 2.52. The van der Waals surface area contributed by atoms with E-state index in [9.17, 15) is 14.4 Å². The highest BCUT2D eigenvalue weighted by atomic mass is 32.2. The second-order valence-corrected chi connectivity index (χ2v) is 6.64. The van der Waals surface area contributed by atoms with Crippen LogP contribution in [0, 0.1) is 0 Å². The zero-order chi connectivity index (χ0) is 17.3. The van der Waals surface area contributed by atoms with Gasteiger partial charge in [-0.1, -0.05) is 18.2 Å². The zero-order valence-electron chi connectivity index (χ0n) is 13.2. The van der Waals surface area contributed by atoms with Gasteiger partial charge in [-0.3, -0.25) is 19.7 Å². The fraction of sp³-hybridized carbons (Fsp3) is 0.235. The van der Waals surface area contributed by atoms with Gasteiger partial charge in [0.15, 0.2) is 0 Å². The number of nitrogens with one attached hydrogen (secondary N) is 1. The van der Waals surface area contributed by atoms with Gasteiger partial charge < -0.3 is 9.30 Å². The lowest BCUT2D eigenvalue weighted by molar-refractivity contribution is -0.148. The predicted octanol–water partition coefficient (Wildman–Crippen LogP) is 2.92. The Morgan fingerprint density at radius 3 is 2.75 bits per heavy atom.